The number of carboxylic acids is 1. The maximum Gasteiger partial charge on any atom is 0.309 e. The highest BCUT2D eigenvalue weighted by Crippen LogP contribution is 2.43. The van der Waals surface area contributed by atoms with E-state index in [0.29, 0.717) is 6.42 Å². The molecule has 19 heavy (non-hydrogen) atoms. The van der Waals surface area contributed by atoms with E-state index in [-0.39, 0.29) is 0 Å². The maximum absolute atomic E-state index is 11.7. The van der Waals surface area contributed by atoms with Gasteiger partial charge in [-0.2, -0.15) is 0 Å². The van der Waals surface area contributed by atoms with Crippen molar-refractivity contribution in [2.75, 3.05) is 0 Å². The predicted molar refractivity (Wildman–Crippen MR) is 77.4 cm³/mol. The van der Waals surface area contributed by atoms with Gasteiger partial charge in [0.2, 0.25) is 0 Å². The van der Waals surface area contributed by atoms with Crippen molar-refractivity contribution in [2.24, 2.45) is 11.3 Å². The number of aromatic nitrogens is 1. The zero-order valence-electron chi connectivity index (χ0n) is 11.6. The summed E-state index contributed by atoms with van der Waals surface area (Å²) in [7, 11) is 0. The number of unbranched alkanes of at least 4 members (excludes halogenated alkanes) is 1. The smallest absolute Gasteiger partial charge is 0.309 e. The van der Waals surface area contributed by atoms with Crippen LogP contribution in [0.4, 0.5) is 0 Å². The molecule has 1 aromatic rings. The van der Waals surface area contributed by atoms with Crippen molar-refractivity contribution in [3.05, 3.63) is 16.6 Å². The van der Waals surface area contributed by atoms with Gasteiger partial charge in [0.15, 0.2) is 0 Å². The molecule has 0 atom stereocenters. The number of nitrogens with zero attached hydrogens (tertiary/aromatic N) is 1. The van der Waals surface area contributed by atoms with Crippen molar-refractivity contribution >= 4 is 17.3 Å². The Balaban J connectivity index is 1.97. The lowest BCUT2D eigenvalue weighted by Crippen LogP contribution is -2.37. The summed E-state index contributed by atoms with van der Waals surface area (Å²) in [5.41, 5.74) is 1.26. The van der Waals surface area contributed by atoms with Gasteiger partial charge in [-0.25, -0.2) is 0 Å². The van der Waals surface area contributed by atoms with Crippen LogP contribution in [0, 0.1) is 11.3 Å². The summed E-state index contributed by atoms with van der Waals surface area (Å²) in [5.74, 6) is 0.128. The number of carboxylic acid groups (broad SMARTS) is 1. The highest BCUT2D eigenvalue weighted by atomic mass is 32.1. The lowest BCUT2D eigenvalue weighted by Gasteiger charge is -2.36. The quantitative estimate of drug-likeness (QED) is 0.852. The van der Waals surface area contributed by atoms with Crippen LogP contribution in [-0.4, -0.2) is 16.1 Å². The van der Waals surface area contributed by atoms with E-state index in [1.807, 2.05) is 6.20 Å². The molecule has 1 heterocycles. The lowest BCUT2D eigenvalue weighted by atomic mass is 9.67. The summed E-state index contributed by atoms with van der Waals surface area (Å²) in [6.45, 7) is 2.22. The number of carbonyl (C=O) groups is 1. The molecule has 0 bridgehead atoms. The summed E-state index contributed by atoms with van der Waals surface area (Å²) < 4.78 is 0. The van der Waals surface area contributed by atoms with Crippen LogP contribution in [0.15, 0.2) is 11.7 Å². The second-order valence-electron chi connectivity index (χ2n) is 5.82. The average Bonchev–Trinajstić information content (AvgIpc) is 2.90. The molecule has 1 aliphatic carbocycles. The first-order chi connectivity index (χ1) is 9.16. The van der Waals surface area contributed by atoms with Gasteiger partial charge in [0.1, 0.15) is 0 Å². The SMILES string of the molecule is CCCCC1CCC(Cc2cncs2)(C(=O)O)CC1. The van der Waals surface area contributed by atoms with Crippen LogP contribution in [0.25, 0.3) is 0 Å². The van der Waals surface area contributed by atoms with E-state index < -0.39 is 11.4 Å². The van der Waals surface area contributed by atoms with Gasteiger partial charge < -0.3 is 5.11 Å². The molecule has 0 aromatic carbocycles. The van der Waals surface area contributed by atoms with E-state index >= 15 is 0 Å². The predicted octanol–water partition coefficient (Wildman–Crippen LogP) is 4.14. The molecule has 1 aromatic heterocycles. The van der Waals surface area contributed by atoms with Gasteiger partial charge in [-0.3, -0.25) is 9.78 Å². The fourth-order valence-electron chi connectivity index (χ4n) is 3.14. The van der Waals surface area contributed by atoms with E-state index in [0.717, 1.165) is 36.5 Å². The van der Waals surface area contributed by atoms with Crippen molar-refractivity contribution in [1.29, 1.82) is 0 Å². The Morgan fingerprint density at radius 2 is 2.26 bits per heavy atom. The van der Waals surface area contributed by atoms with E-state index in [1.165, 1.54) is 19.3 Å². The zero-order chi connectivity index (χ0) is 13.7. The topological polar surface area (TPSA) is 50.2 Å². The Morgan fingerprint density at radius 3 is 2.79 bits per heavy atom. The van der Waals surface area contributed by atoms with E-state index in [4.69, 9.17) is 0 Å². The van der Waals surface area contributed by atoms with Crippen LogP contribution in [0.3, 0.4) is 0 Å². The first kappa shape index (κ1) is 14.5. The summed E-state index contributed by atoms with van der Waals surface area (Å²) in [6.07, 6.45) is 10.1. The molecule has 1 aliphatic rings. The van der Waals surface area contributed by atoms with Gasteiger partial charge in [-0.05, 0) is 38.0 Å². The van der Waals surface area contributed by atoms with Crippen molar-refractivity contribution < 1.29 is 9.90 Å². The summed E-state index contributed by atoms with van der Waals surface area (Å²) >= 11 is 1.57. The number of rotatable bonds is 6. The first-order valence-electron chi connectivity index (χ1n) is 7.27. The Kier molecular flexibility index (Phi) is 4.97. The third kappa shape index (κ3) is 3.56. The number of hydrogen-bond acceptors (Lipinski definition) is 3. The summed E-state index contributed by atoms with van der Waals surface area (Å²) in [4.78, 5) is 16.9. The van der Waals surface area contributed by atoms with Gasteiger partial charge in [0, 0.05) is 11.1 Å². The highest BCUT2D eigenvalue weighted by molar-refractivity contribution is 7.09. The molecular formula is C15H23NO2S. The van der Waals surface area contributed by atoms with Crippen molar-refractivity contribution in [3.8, 4) is 0 Å². The molecule has 4 heteroatoms. The minimum atomic E-state index is -0.616. The Labute approximate surface area is 119 Å². The normalized spacial score (nSPS) is 27.3. The van der Waals surface area contributed by atoms with Crippen LogP contribution in [0.5, 0.6) is 0 Å². The van der Waals surface area contributed by atoms with E-state index in [2.05, 4.69) is 11.9 Å². The monoisotopic (exact) mass is 281 g/mol. The van der Waals surface area contributed by atoms with Crippen molar-refractivity contribution in [1.82, 2.24) is 4.98 Å². The summed E-state index contributed by atoms with van der Waals surface area (Å²) in [6, 6.07) is 0. The van der Waals surface area contributed by atoms with Crippen LogP contribution in [-0.2, 0) is 11.2 Å². The molecule has 0 spiro atoms. The van der Waals surface area contributed by atoms with Crippen molar-refractivity contribution in [3.63, 3.8) is 0 Å². The third-order valence-corrected chi connectivity index (χ3v) is 5.26. The molecule has 0 radical (unpaired) electrons. The molecule has 0 unspecified atom stereocenters. The second kappa shape index (κ2) is 6.51. The molecule has 0 aliphatic heterocycles. The van der Waals surface area contributed by atoms with Crippen LogP contribution < -0.4 is 0 Å². The van der Waals surface area contributed by atoms with Gasteiger partial charge in [-0.15, -0.1) is 11.3 Å². The number of thiazole rings is 1. The lowest BCUT2D eigenvalue weighted by molar-refractivity contribution is -0.151. The van der Waals surface area contributed by atoms with Crippen LogP contribution >= 0.6 is 11.3 Å². The molecule has 1 saturated carbocycles. The molecule has 0 saturated heterocycles. The largest absolute Gasteiger partial charge is 0.481 e. The number of hydrogen-bond donors (Lipinski definition) is 1. The van der Waals surface area contributed by atoms with Crippen LogP contribution in [0.1, 0.15) is 56.7 Å². The fourth-order valence-corrected chi connectivity index (χ4v) is 3.88. The molecule has 1 N–H and O–H groups in total. The minimum Gasteiger partial charge on any atom is -0.481 e. The second-order valence-corrected chi connectivity index (χ2v) is 6.79. The highest BCUT2D eigenvalue weighted by Gasteiger charge is 2.42. The van der Waals surface area contributed by atoms with E-state index in [1.54, 1.807) is 16.8 Å². The Hall–Kier alpha value is -0.900. The zero-order valence-corrected chi connectivity index (χ0v) is 12.4. The first-order valence-corrected chi connectivity index (χ1v) is 8.15. The maximum atomic E-state index is 11.7. The van der Waals surface area contributed by atoms with Gasteiger partial charge >= 0.3 is 5.97 Å². The molecular weight excluding hydrogens is 258 g/mol. The standard InChI is InChI=1S/C15H23NO2S/c1-2-3-4-12-5-7-15(8-6-12,14(17)18)9-13-10-16-11-19-13/h10-12H,2-9H2,1H3,(H,17,18). The van der Waals surface area contributed by atoms with Crippen LogP contribution in [0.2, 0.25) is 0 Å². The van der Waals surface area contributed by atoms with E-state index in [9.17, 15) is 9.90 Å². The molecule has 0 amide bonds. The van der Waals surface area contributed by atoms with Gasteiger partial charge in [-0.1, -0.05) is 26.2 Å². The fraction of sp³-hybridized carbons (Fsp3) is 0.733. The van der Waals surface area contributed by atoms with Gasteiger partial charge in [0.05, 0.1) is 10.9 Å². The van der Waals surface area contributed by atoms with Gasteiger partial charge in [0.25, 0.3) is 0 Å². The molecule has 3 nitrogen and oxygen atoms in total. The molecule has 1 fully saturated rings. The summed E-state index contributed by atoms with van der Waals surface area (Å²) in [5, 5.41) is 9.63. The molecule has 2 rings (SSSR count). The Morgan fingerprint density at radius 1 is 1.53 bits per heavy atom. The number of aliphatic carboxylic acids is 1. The minimum absolute atomic E-state index is 0.532. The Bertz CT molecular complexity index is 394. The third-order valence-electron chi connectivity index (χ3n) is 4.48. The average molecular weight is 281 g/mol. The van der Waals surface area contributed by atoms with Crippen molar-refractivity contribution in [2.45, 2.75) is 58.3 Å². The molecule has 106 valence electrons.